The molecule has 2 fully saturated rings. The van der Waals surface area contributed by atoms with Gasteiger partial charge in [-0.3, -0.25) is 0 Å². The van der Waals surface area contributed by atoms with Gasteiger partial charge in [-0.1, -0.05) is 41.0 Å². The highest BCUT2D eigenvalue weighted by Gasteiger charge is 2.25. The van der Waals surface area contributed by atoms with Gasteiger partial charge in [0.25, 0.3) is 0 Å². The number of carbonyl (C=O) groups is 1. The summed E-state index contributed by atoms with van der Waals surface area (Å²) in [5.74, 6) is 1.04. The molecular formula is C19H23Cl2N7OS. The predicted octanol–water partition coefficient (Wildman–Crippen LogP) is 2.71. The van der Waals surface area contributed by atoms with Crippen LogP contribution in [-0.4, -0.2) is 66.2 Å². The van der Waals surface area contributed by atoms with Gasteiger partial charge in [-0.25, -0.2) is 14.8 Å². The molecule has 2 aromatic rings. The van der Waals surface area contributed by atoms with Gasteiger partial charge in [-0.05, 0) is 25.1 Å². The average Bonchev–Trinajstić information content (AvgIpc) is 3.26. The molecule has 2 saturated heterocycles. The van der Waals surface area contributed by atoms with Gasteiger partial charge < -0.3 is 26.2 Å². The topological polar surface area (TPSA) is 99.4 Å². The van der Waals surface area contributed by atoms with Gasteiger partial charge in [0, 0.05) is 43.7 Å². The Kier molecular flexibility index (Phi) is 6.72. The van der Waals surface area contributed by atoms with Gasteiger partial charge in [0.2, 0.25) is 0 Å². The zero-order chi connectivity index (χ0) is 21.1. The molecular weight excluding hydrogens is 445 g/mol. The second-order valence-corrected chi connectivity index (χ2v) is 9.00. The fraction of sp³-hybridized carbons (Fsp3) is 0.421. The number of aromatic nitrogens is 2. The van der Waals surface area contributed by atoms with Crippen LogP contribution in [0, 0.1) is 0 Å². The van der Waals surface area contributed by atoms with Gasteiger partial charge in [0.1, 0.15) is 10.8 Å². The lowest BCUT2D eigenvalue weighted by Crippen LogP contribution is -2.54. The lowest BCUT2D eigenvalue weighted by atomic mass is 10.2. The van der Waals surface area contributed by atoms with Crippen molar-refractivity contribution >= 4 is 52.6 Å². The molecule has 1 atom stereocenters. The van der Waals surface area contributed by atoms with E-state index >= 15 is 0 Å². The summed E-state index contributed by atoms with van der Waals surface area (Å²) < 4.78 is 0. The molecule has 3 heterocycles. The van der Waals surface area contributed by atoms with Gasteiger partial charge >= 0.3 is 6.03 Å². The minimum atomic E-state index is -0.000836. The fourth-order valence-electron chi connectivity index (χ4n) is 3.46. The summed E-state index contributed by atoms with van der Waals surface area (Å²) in [6.45, 7) is 4.40. The van der Waals surface area contributed by atoms with E-state index in [2.05, 4.69) is 25.5 Å². The minimum Gasteiger partial charge on any atom is -0.381 e. The molecule has 0 bridgehead atoms. The first-order valence-electron chi connectivity index (χ1n) is 9.77. The van der Waals surface area contributed by atoms with E-state index in [1.54, 1.807) is 12.3 Å². The van der Waals surface area contributed by atoms with E-state index in [-0.39, 0.29) is 12.1 Å². The Balaban J connectivity index is 1.35. The first-order valence-corrected chi connectivity index (χ1v) is 11.3. The Labute approximate surface area is 189 Å². The van der Waals surface area contributed by atoms with Crippen LogP contribution in [0.4, 0.5) is 16.4 Å². The first kappa shape index (κ1) is 21.3. The number of amides is 2. The molecule has 2 aliphatic rings. The van der Waals surface area contributed by atoms with Gasteiger partial charge in [-0.2, -0.15) is 0 Å². The fourth-order valence-corrected chi connectivity index (χ4v) is 4.75. The van der Waals surface area contributed by atoms with E-state index in [1.807, 2.05) is 17.0 Å². The maximum absolute atomic E-state index is 12.4. The first-order chi connectivity index (χ1) is 14.5. The minimum absolute atomic E-state index is 0.000836. The molecule has 1 aromatic heterocycles. The number of hydrogen-bond acceptors (Lipinski definition) is 7. The molecule has 0 saturated carbocycles. The van der Waals surface area contributed by atoms with Crippen LogP contribution in [0.2, 0.25) is 10.0 Å². The molecule has 0 unspecified atom stereocenters. The molecule has 4 rings (SSSR count). The largest absolute Gasteiger partial charge is 0.381 e. The quantitative estimate of drug-likeness (QED) is 0.635. The van der Waals surface area contributed by atoms with Crippen molar-refractivity contribution in [3.8, 4) is 0 Å². The number of benzene rings is 1. The number of anilines is 2. The molecule has 0 aliphatic carbocycles. The Bertz CT molecular complexity index is 918. The summed E-state index contributed by atoms with van der Waals surface area (Å²) in [6, 6.07) is 5.64. The summed E-state index contributed by atoms with van der Waals surface area (Å²) in [5, 5.41) is 7.87. The third-order valence-electron chi connectivity index (χ3n) is 5.15. The van der Waals surface area contributed by atoms with Crippen molar-refractivity contribution in [3.05, 3.63) is 34.4 Å². The molecule has 11 heteroatoms. The second kappa shape index (κ2) is 9.47. The number of nitrogens with two attached hydrogens (primary N) is 1. The summed E-state index contributed by atoms with van der Waals surface area (Å²) in [5.41, 5.74) is 6.15. The van der Waals surface area contributed by atoms with E-state index < -0.39 is 0 Å². The van der Waals surface area contributed by atoms with Crippen molar-refractivity contribution in [1.29, 1.82) is 0 Å². The molecule has 0 spiro atoms. The monoisotopic (exact) mass is 467 g/mol. The Morgan fingerprint density at radius 2 is 2.07 bits per heavy atom. The van der Waals surface area contributed by atoms with Crippen LogP contribution in [0.3, 0.4) is 0 Å². The Morgan fingerprint density at radius 1 is 1.27 bits per heavy atom. The number of carbonyl (C=O) groups excluding carboxylic acids is 1. The lowest BCUT2D eigenvalue weighted by molar-refractivity contribution is 0.191. The second-order valence-electron chi connectivity index (χ2n) is 7.19. The number of nitrogen functional groups attached to an aromatic ring is 1. The number of piperazine rings is 1. The molecule has 8 nitrogen and oxygen atoms in total. The number of nitrogens with one attached hydrogen (secondary N) is 2. The summed E-state index contributed by atoms with van der Waals surface area (Å²) >= 11 is 13.7. The third-order valence-corrected chi connectivity index (χ3v) is 7.15. The zero-order valence-corrected chi connectivity index (χ0v) is 18.6. The predicted molar refractivity (Wildman–Crippen MR) is 121 cm³/mol. The van der Waals surface area contributed by atoms with Crippen LogP contribution < -0.4 is 21.3 Å². The summed E-state index contributed by atoms with van der Waals surface area (Å²) in [4.78, 5) is 26.1. The molecule has 1 aromatic carbocycles. The van der Waals surface area contributed by atoms with Crippen molar-refractivity contribution in [2.45, 2.75) is 22.4 Å². The molecule has 0 radical (unpaired) electrons. The van der Waals surface area contributed by atoms with E-state index in [9.17, 15) is 4.79 Å². The van der Waals surface area contributed by atoms with Gasteiger partial charge in [-0.15, -0.1) is 0 Å². The van der Waals surface area contributed by atoms with Crippen molar-refractivity contribution in [2.75, 3.05) is 49.9 Å². The van der Waals surface area contributed by atoms with E-state index in [0.29, 0.717) is 52.9 Å². The molecule has 160 valence electrons. The van der Waals surface area contributed by atoms with Crippen LogP contribution in [0.5, 0.6) is 0 Å². The van der Waals surface area contributed by atoms with Crippen LogP contribution >= 0.6 is 35.0 Å². The SMILES string of the molecule is Nc1nc(N2CCN(C(=O)N[C@H]3CCNC3)CC2)cnc1Sc1cccc(Cl)c1Cl. The van der Waals surface area contributed by atoms with Gasteiger partial charge in [0.05, 0.1) is 16.2 Å². The van der Waals surface area contributed by atoms with Crippen LogP contribution in [0.1, 0.15) is 6.42 Å². The maximum Gasteiger partial charge on any atom is 0.317 e. The van der Waals surface area contributed by atoms with Crippen LogP contribution in [-0.2, 0) is 0 Å². The highest BCUT2D eigenvalue weighted by Crippen LogP contribution is 2.38. The Hall–Kier alpha value is -1.94. The molecule has 2 aliphatic heterocycles. The van der Waals surface area contributed by atoms with Crippen molar-refractivity contribution in [1.82, 2.24) is 25.5 Å². The summed E-state index contributed by atoms with van der Waals surface area (Å²) in [6.07, 6.45) is 2.68. The molecule has 30 heavy (non-hydrogen) atoms. The van der Waals surface area contributed by atoms with Crippen molar-refractivity contribution in [2.24, 2.45) is 0 Å². The number of urea groups is 1. The van der Waals surface area contributed by atoms with E-state index in [1.165, 1.54) is 11.8 Å². The number of rotatable bonds is 4. The average molecular weight is 468 g/mol. The van der Waals surface area contributed by atoms with Crippen LogP contribution in [0.25, 0.3) is 0 Å². The highest BCUT2D eigenvalue weighted by molar-refractivity contribution is 7.99. The molecule has 2 amide bonds. The standard InChI is InChI=1S/C19H23Cl2N7OS/c20-13-2-1-3-14(16(13)21)30-18-17(22)26-15(11-24-18)27-6-8-28(9-7-27)19(29)25-12-4-5-23-10-12/h1-3,11-12,23H,4-10H2,(H2,22,26)(H,25,29)/t12-/m0/s1. The van der Waals surface area contributed by atoms with Crippen molar-refractivity contribution < 1.29 is 4.79 Å². The van der Waals surface area contributed by atoms with Crippen LogP contribution in [0.15, 0.2) is 34.3 Å². The Morgan fingerprint density at radius 3 is 2.77 bits per heavy atom. The summed E-state index contributed by atoms with van der Waals surface area (Å²) in [7, 11) is 0. The number of nitrogens with zero attached hydrogens (tertiary/aromatic N) is 4. The number of halogens is 2. The van der Waals surface area contributed by atoms with Crippen molar-refractivity contribution in [3.63, 3.8) is 0 Å². The molecule has 4 N–H and O–H groups in total. The smallest absolute Gasteiger partial charge is 0.317 e. The highest BCUT2D eigenvalue weighted by atomic mass is 35.5. The lowest BCUT2D eigenvalue weighted by Gasteiger charge is -2.35. The normalized spacial score (nSPS) is 19.2. The third kappa shape index (κ3) is 4.85. The van der Waals surface area contributed by atoms with E-state index in [0.717, 1.165) is 24.4 Å². The zero-order valence-electron chi connectivity index (χ0n) is 16.3. The van der Waals surface area contributed by atoms with E-state index in [4.69, 9.17) is 28.9 Å². The van der Waals surface area contributed by atoms with Gasteiger partial charge in [0.15, 0.2) is 5.82 Å². The number of hydrogen-bond donors (Lipinski definition) is 3. The maximum atomic E-state index is 12.4.